The smallest absolute Gasteiger partial charge is 0.193 e. The van der Waals surface area contributed by atoms with Gasteiger partial charge in [-0.2, -0.15) is 0 Å². The third kappa shape index (κ3) is 4.84. The van der Waals surface area contributed by atoms with E-state index < -0.39 is 0 Å². The molecule has 0 bridgehead atoms. The van der Waals surface area contributed by atoms with Gasteiger partial charge in [-0.05, 0) is 38.8 Å². The Bertz CT molecular complexity index is 701. The van der Waals surface area contributed by atoms with E-state index in [9.17, 15) is 0 Å². The number of guanidine groups is 1. The van der Waals surface area contributed by atoms with Gasteiger partial charge in [0.25, 0.3) is 0 Å². The van der Waals surface area contributed by atoms with E-state index >= 15 is 0 Å². The quantitative estimate of drug-likeness (QED) is 0.641. The molecular weight excluding hydrogens is 312 g/mol. The van der Waals surface area contributed by atoms with Crippen LogP contribution in [0.25, 0.3) is 0 Å². The fraction of sp³-hybridized carbons (Fsp3) is 0.500. The van der Waals surface area contributed by atoms with E-state index in [0.717, 1.165) is 30.5 Å². The molecule has 0 fully saturated rings. The normalized spacial score (nSPS) is 13.0. The van der Waals surface area contributed by atoms with Gasteiger partial charge in [-0.15, -0.1) is 0 Å². The lowest BCUT2D eigenvalue weighted by molar-refractivity contribution is 0.391. The topological polar surface area (TPSA) is 53.7 Å². The number of hydrogen-bond donors (Lipinski definition) is 1. The summed E-state index contributed by atoms with van der Waals surface area (Å²) in [6.45, 7) is 12.7. The maximum absolute atomic E-state index is 5.29. The number of aliphatic imine (C=N–C) groups is 1. The zero-order chi connectivity index (χ0) is 18.4. The predicted octanol–water partition coefficient (Wildman–Crippen LogP) is 3.80. The van der Waals surface area contributed by atoms with Crippen LogP contribution in [-0.4, -0.2) is 36.2 Å². The summed E-state index contributed by atoms with van der Waals surface area (Å²) in [5, 5.41) is 7.44. The van der Waals surface area contributed by atoms with Gasteiger partial charge in [-0.25, -0.2) is 0 Å². The second-order valence-electron chi connectivity index (χ2n) is 6.62. The molecule has 0 aliphatic heterocycles. The van der Waals surface area contributed by atoms with E-state index in [-0.39, 0.29) is 5.92 Å². The summed E-state index contributed by atoms with van der Waals surface area (Å²) >= 11 is 0. The Labute approximate surface area is 151 Å². The molecule has 1 N–H and O–H groups in total. The number of nitrogens with one attached hydrogen (secondary N) is 1. The zero-order valence-electron chi connectivity index (χ0n) is 16.3. The fourth-order valence-electron chi connectivity index (χ4n) is 3.10. The van der Waals surface area contributed by atoms with Crippen LogP contribution in [-0.2, 0) is 6.54 Å². The number of benzene rings is 1. The molecule has 1 unspecified atom stereocenters. The highest BCUT2D eigenvalue weighted by molar-refractivity contribution is 5.79. The third-order valence-electron chi connectivity index (χ3n) is 4.46. The molecule has 0 radical (unpaired) electrons. The molecule has 1 atom stereocenters. The van der Waals surface area contributed by atoms with E-state index in [1.54, 1.807) is 0 Å². The van der Waals surface area contributed by atoms with Gasteiger partial charge in [0, 0.05) is 38.2 Å². The molecule has 5 nitrogen and oxygen atoms in total. The minimum absolute atomic E-state index is 0.270. The van der Waals surface area contributed by atoms with Crippen LogP contribution in [0.15, 0.2) is 33.8 Å². The Morgan fingerprint density at radius 2 is 2.00 bits per heavy atom. The molecular formula is C20H30N4O. The highest BCUT2D eigenvalue weighted by Crippen LogP contribution is 2.23. The van der Waals surface area contributed by atoms with Crippen molar-refractivity contribution in [3.05, 3.63) is 52.4 Å². The molecule has 1 aromatic heterocycles. The molecule has 25 heavy (non-hydrogen) atoms. The van der Waals surface area contributed by atoms with Gasteiger partial charge in [0.15, 0.2) is 5.96 Å². The van der Waals surface area contributed by atoms with Crippen LogP contribution in [0, 0.1) is 20.8 Å². The minimum Gasteiger partial charge on any atom is -0.361 e. The first-order valence-corrected chi connectivity index (χ1v) is 8.90. The lowest BCUT2D eigenvalue weighted by Gasteiger charge is -2.23. The SMILES string of the molecule is CCNC(=NCC(C)c1c(C)noc1C)N(C)Cc1ccccc1C. The van der Waals surface area contributed by atoms with Crippen molar-refractivity contribution in [3.8, 4) is 0 Å². The maximum Gasteiger partial charge on any atom is 0.193 e. The van der Waals surface area contributed by atoms with Crippen LogP contribution in [0.2, 0.25) is 0 Å². The van der Waals surface area contributed by atoms with Crippen molar-refractivity contribution in [1.29, 1.82) is 0 Å². The average molecular weight is 342 g/mol. The fourth-order valence-corrected chi connectivity index (χ4v) is 3.10. The summed E-state index contributed by atoms with van der Waals surface area (Å²) in [7, 11) is 2.08. The molecule has 0 aliphatic rings. The molecule has 0 amide bonds. The Balaban J connectivity index is 2.11. The van der Waals surface area contributed by atoms with Crippen LogP contribution >= 0.6 is 0 Å². The van der Waals surface area contributed by atoms with Crippen molar-refractivity contribution in [2.75, 3.05) is 20.1 Å². The summed E-state index contributed by atoms with van der Waals surface area (Å²) in [6.07, 6.45) is 0. The van der Waals surface area contributed by atoms with Crippen LogP contribution < -0.4 is 5.32 Å². The van der Waals surface area contributed by atoms with Gasteiger partial charge < -0.3 is 14.7 Å². The van der Waals surface area contributed by atoms with Gasteiger partial charge in [-0.3, -0.25) is 4.99 Å². The summed E-state index contributed by atoms with van der Waals surface area (Å²) in [5.41, 5.74) is 4.74. The monoisotopic (exact) mass is 342 g/mol. The number of aromatic nitrogens is 1. The summed E-state index contributed by atoms with van der Waals surface area (Å²) in [4.78, 5) is 7.01. The van der Waals surface area contributed by atoms with Gasteiger partial charge in [0.1, 0.15) is 5.76 Å². The molecule has 5 heteroatoms. The van der Waals surface area contributed by atoms with Crippen LogP contribution in [0.5, 0.6) is 0 Å². The minimum atomic E-state index is 0.270. The number of rotatable bonds is 6. The predicted molar refractivity (Wildman–Crippen MR) is 103 cm³/mol. The largest absolute Gasteiger partial charge is 0.361 e. The van der Waals surface area contributed by atoms with E-state index in [4.69, 9.17) is 9.52 Å². The molecule has 2 aromatic rings. The van der Waals surface area contributed by atoms with Gasteiger partial charge in [0.05, 0.1) is 5.69 Å². The van der Waals surface area contributed by atoms with Crippen molar-refractivity contribution >= 4 is 5.96 Å². The number of nitrogens with zero attached hydrogens (tertiary/aromatic N) is 3. The molecule has 2 rings (SSSR count). The lowest BCUT2D eigenvalue weighted by Crippen LogP contribution is -2.38. The summed E-state index contributed by atoms with van der Waals surface area (Å²) in [6, 6.07) is 8.47. The van der Waals surface area contributed by atoms with Gasteiger partial charge >= 0.3 is 0 Å². The zero-order valence-corrected chi connectivity index (χ0v) is 16.3. The van der Waals surface area contributed by atoms with E-state index in [1.807, 2.05) is 13.8 Å². The Kier molecular flexibility index (Phi) is 6.62. The second-order valence-corrected chi connectivity index (χ2v) is 6.62. The van der Waals surface area contributed by atoms with E-state index in [2.05, 4.69) is 67.5 Å². The Morgan fingerprint density at radius 1 is 1.28 bits per heavy atom. The lowest BCUT2D eigenvalue weighted by atomic mass is 10.00. The Hall–Kier alpha value is -2.30. The average Bonchev–Trinajstić information content (AvgIpc) is 2.92. The van der Waals surface area contributed by atoms with Crippen LogP contribution in [0.4, 0.5) is 0 Å². The second kappa shape index (κ2) is 8.70. The molecule has 1 heterocycles. The van der Waals surface area contributed by atoms with E-state index in [1.165, 1.54) is 16.7 Å². The van der Waals surface area contributed by atoms with Crippen molar-refractivity contribution in [1.82, 2.24) is 15.4 Å². The molecule has 0 spiro atoms. The highest BCUT2D eigenvalue weighted by atomic mass is 16.5. The molecule has 136 valence electrons. The van der Waals surface area contributed by atoms with Crippen molar-refractivity contribution in [2.24, 2.45) is 4.99 Å². The molecule has 0 saturated carbocycles. The van der Waals surface area contributed by atoms with Crippen molar-refractivity contribution in [3.63, 3.8) is 0 Å². The first kappa shape index (κ1) is 19.0. The first-order chi connectivity index (χ1) is 11.9. The molecule has 1 aromatic carbocycles. The standard InChI is InChI=1S/C20H30N4O/c1-7-21-20(24(6)13-18-11-9-8-10-14(18)2)22-12-15(3)19-16(4)23-25-17(19)5/h8-11,15H,7,12-13H2,1-6H3,(H,21,22). The highest BCUT2D eigenvalue weighted by Gasteiger charge is 2.17. The number of aryl methyl sites for hydroxylation is 3. The van der Waals surface area contributed by atoms with Crippen LogP contribution in [0.1, 0.15) is 47.9 Å². The first-order valence-electron chi connectivity index (χ1n) is 8.90. The summed E-state index contributed by atoms with van der Waals surface area (Å²) < 4.78 is 5.29. The van der Waals surface area contributed by atoms with E-state index in [0.29, 0.717) is 6.54 Å². The van der Waals surface area contributed by atoms with Gasteiger partial charge in [-0.1, -0.05) is 36.3 Å². The summed E-state index contributed by atoms with van der Waals surface area (Å²) in [5.74, 6) is 2.08. The van der Waals surface area contributed by atoms with Crippen LogP contribution in [0.3, 0.4) is 0 Å². The maximum atomic E-state index is 5.29. The molecule has 0 saturated heterocycles. The molecule has 0 aliphatic carbocycles. The Morgan fingerprint density at radius 3 is 2.60 bits per heavy atom. The van der Waals surface area contributed by atoms with Crippen molar-refractivity contribution in [2.45, 2.75) is 47.1 Å². The van der Waals surface area contributed by atoms with Gasteiger partial charge in [0.2, 0.25) is 0 Å². The number of hydrogen-bond acceptors (Lipinski definition) is 3. The third-order valence-corrected chi connectivity index (χ3v) is 4.46. The van der Waals surface area contributed by atoms with Crippen molar-refractivity contribution < 1.29 is 4.52 Å².